The molecule has 0 bridgehead atoms. The molecule has 3 amide bonds. The molecule has 168 valence electrons. The van der Waals surface area contributed by atoms with E-state index in [9.17, 15) is 18.8 Å². The highest BCUT2D eigenvalue weighted by molar-refractivity contribution is 6.01. The molecule has 1 heterocycles. The van der Waals surface area contributed by atoms with Crippen LogP contribution in [0.3, 0.4) is 0 Å². The Morgan fingerprint density at radius 1 is 1.06 bits per heavy atom. The summed E-state index contributed by atoms with van der Waals surface area (Å²) in [5.41, 5.74) is 3.14. The van der Waals surface area contributed by atoms with Gasteiger partial charge in [-0.15, -0.1) is 0 Å². The van der Waals surface area contributed by atoms with E-state index in [-0.39, 0.29) is 36.2 Å². The Morgan fingerprint density at radius 3 is 2.50 bits per heavy atom. The number of hydrogen-bond donors (Lipinski definition) is 2. The molecule has 0 spiro atoms. The molecule has 2 aromatic carbocycles. The lowest BCUT2D eigenvalue weighted by atomic mass is 9.84. The van der Waals surface area contributed by atoms with Gasteiger partial charge in [0.15, 0.2) is 0 Å². The van der Waals surface area contributed by atoms with Crippen LogP contribution in [0, 0.1) is 19.7 Å². The largest absolute Gasteiger partial charge is 0.349 e. The van der Waals surface area contributed by atoms with Gasteiger partial charge in [0.2, 0.25) is 11.8 Å². The summed E-state index contributed by atoms with van der Waals surface area (Å²) >= 11 is 0. The number of nitrogens with one attached hydrogen (secondary N) is 2. The van der Waals surface area contributed by atoms with E-state index in [4.69, 9.17) is 0 Å². The predicted octanol–water partition coefficient (Wildman–Crippen LogP) is 3.72. The summed E-state index contributed by atoms with van der Waals surface area (Å²) in [6.07, 6.45) is 3.34. The van der Waals surface area contributed by atoms with Crippen molar-refractivity contribution >= 4 is 23.4 Å². The van der Waals surface area contributed by atoms with E-state index in [1.54, 1.807) is 4.90 Å². The molecule has 1 saturated carbocycles. The van der Waals surface area contributed by atoms with Crippen LogP contribution in [0.5, 0.6) is 0 Å². The number of nitrogens with zero attached hydrogens (tertiary/aromatic N) is 1. The fraction of sp³-hybridized carbons (Fsp3) is 0.400. The average molecular weight is 438 g/mol. The van der Waals surface area contributed by atoms with Crippen molar-refractivity contribution in [3.05, 3.63) is 65.0 Å². The number of piperazine rings is 1. The number of rotatable bonds is 4. The molecule has 2 aliphatic rings. The maximum absolute atomic E-state index is 13.4. The van der Waals surface area contributed by atoms with Gasteiger partial charge in [-0.3, -0.25) is 14.4 Å². The quantitative estimate of drug-likeness (QED) is 0.765. The first-order chi connectivity index (χ1) is 15.3. The Balaban J connectivity index is 1.58. The van der Waals surface area contributed by atoms with Gasteiger partial charge in [-0.2, -0.15) is 0 Å². The second-order valence-corrected chi connectivity index (χ2v) is 8.75. The topological polar surface area (TPSA) is 78.5 Å². The molecule has 2 N–H and O–H groups in total. The van der Waals surface area contributed by atoms with E-state index >= 15 is 0 Å². The van der Waals surface area contributed by atoms with Gasteiger partial charge in [-0.05, 0) is 74.2 Å². The number of halogens is 1. The third-order valence-corrected chi connectivity index (χ3v) is 6.55. The van der Waals surface area contributed by atoms with Crippen LogP contribution in [-0.4, -0.2) is 40.7 Å². The van der Waals surface area contributed by atoms with Gasteiger partial charge in [-0.1, -0.05) is 18.9 Å². The van der Waals surface area contributed by atoms with Crippen molar-refractivity contribution in [2.45, 2.75) is 64.1 Å². The number of benzene rings is 2. The first-order valence-electron chi connectivity index (χ1n) is 11.1. The van der Waals surface area contributed by atoms with Gasteiger partial charge in [0.25, 0.3) is 5.91 Å². The molecular formula is C25H28FN3O3. The summed E-state index contributed by atoms with van der Waals surface area (Å²) in [4.78, 5) is 40.8. The van der Waals surface area contributed by atoms with E-state index < -0.39 is 11.9 Å². The smallest absolute Gasteiger partial charge is 0.254 e. The normalized spacial score (nSPS) is 22.7. The zero-order chi connectivity index (χ0) is 22.8. The van der Waals surface area contributed by atoms with Crippen molar-refractivity contribution in [3.63, 3.8) is 0 Å². The zero-order valence-corrected chi connectivity index (χ0v) is 18.4. The van der Waals surface area contributed by atoms with Crippen molar-refractivity contribution in [2.24, 2.45) is 0 Å². The van der Waals surface area contributed by atoms with Gasteiger partial charge in [0.1, 0.15) is 11.9 Å². The number of aryl methyl sites for hydroxylation is 2. The molecule has 2 aromatic rings. The summed E-state index contributed by atoms with van der Waals surface area (Å²) in [6, 6.07) is 9.72. The van der Waals surface area contributed by atoms with Crippen LogP contribution in [0.25, 0.3) is 0 Å². The second kappa shape index (κ2) is 9.10. The summed E-state index contributed by atoms with van der Waals surface area (Å²) in [7, 11) is 0. The van der Waals surface area contributed by atoms with Gasteiger partial charge in [0.05, 0.1) is 12.5 Å². The first kappa shape index (κ1) is 22.0. The van der Waals surface area contributed by atoms with Crippen LogP contribution in [0.15, 0.2) is 42.5 Å². The highest BCUT2D eigenvalue weighted by Crippen LogP contribution is 2.31. The van der Waals surface area contributed by atoms with Gasteiger partial charge >= 0.3 is 0 Å². The molecule has 0 unspecified atom stereocenters. The number of amides is 3. The molecule has 7 heteroatoms. The lowest BCUT2D eigenvalue weighted by molar-refractivity contribution is -0.135. The van der Waals surface area contributed by atoms with Crippen molar-refractivity contribution in [1.29, 1.82) is 0 Å². The standard InChI is InChI=1S/C25H28FN3O3/c1-15-7-12-19(13-16(15)2)27-23(30)14-22-24(31)28-20-5-3-4-6-21(20)29(22)25(32)17-8-10-18(26)11-9-17/h7-13,20-22H,3-6,14H2,1-2H3,(H,27,30)(H,28,31)/t20-,21-,22-/m0/s1. The Labute approximate surface area is 187 Å². The van der Waals surface area contributed by atoms with Gasteiger partial charge in [0, 0.05) is 17.3 Å². The SMILES string of the molecule is Cc1ccc(NC(=O)C[C@H]2C(=O)N[C@H]3CCCC[C@@H]3N2C(=O)c2ccc(F)cc2)cc1C. The Hall–Kier alpha value is -3.22. The Bertz CT molecular complexity index is 1040. The monoisotopic (exact) mass is 437 g/mol. The Kier molecular flexibility index (Phi) is 6.26. The molecule has 2 fully saturated rings. The molecular weight excluding hydrogens is 409 g/mol. The Morgan fingerprint density at radius 2 is 1.78 bits per heavy atom. The number of carbonyl (C=O) groups excluding carboxylic acids is 3. The van der Waals surface area contributed by atoms with Crippen molar-refractivity contribution in [1.82, 2.24) is 10.2 Å². The van der Waals surface area contributed by atoms with Crippen LogP contribution in [-0.2, 0) is 9.59 Å². The molecule has 1 aliphatic heterocycles. The molecule has 32 heavy (non-hydrogen) atoms. The minimum atomic E-state index is -0.918. The van der Waals surface area contributed by atoms with E-state index in [1.807, 2.05) is 32.0 Å². The number of fused-ring (bicyclic) bond motifs is 1. The summed E-state index contributed by atoms with van der Waals surface area (Å²) in [5, 5.41) is 5.88. The van der Waals surface area contributed by atoms with Crippen molar-refractivity contribution < 1.29 is 18.8 Å². The van der Waals surface area contributed by atoms with E-state index in [0.717, 1.165) is 36.8 Å². The third kappa shape index (κ3) is 4.52. The average Bonchev–Trinajstić information content (AvgIpc) is 2.77. The highest BCUT2D eigenvalue weighted by atomic mass is 19.1. The maximum atomic E-state index is 13.4. The molecule has 4 rings (SSSR count). The second-order valence-electron chi connectivity index (χ2n) is 8.75. The number of hydrogen-bond acceptors (Lipinski definition) is 3. The predicted molar refractivity (Wildman–Crippen MR) is 120 cm³/mol. The molecule has 1 saturated heterocycles. The van der Waals surface area contributed by atoms with E-state index in [0.29, 0.717) is 11.3 Å². The van der Waals surface area contributed by atoms with Crippen LogP contribution < -0.4 is 10.6 Å². The molecule has 1 aliphatic carbocycles. The highest BCUT2D eigenvalue weighted by Gasteiger charge is 2.46. The zero-order valence-electron chi connectivity index (χ0n) is 18.4. The first-order valence-corrected chi connectivity index (χ1v) is 11.1. The summed E-state index contributed by atoms with van der Waals surface area (Å²) in [5.74, 6) is -1.43. The third-order valence-electron chi connectivity index (χ3n) is 6.55. The minimum absolute atomic E-state index is 0.125. The van der Waals surface area contributed by atoms with E-state index in [2.05, 4.69) is 10.6 Å². The van der Waals surface area contributed by atoms with Crippen LogP contribution in [0.1, 0.15) is 53.6 Å². The maximum Gasteiger partial charge on any atom is 0.254 e. The summed E-state index contributed by atoms with van der Waals surface area (Å²) < 4.78 is 13.4. The van der Waals surface area contributed by atoms with Gasteiger partial charge in [-0.25, -0.2) is 4.39 Å². The van der Waals surface area contributed by atoms with Crippen LogP contribution >= 0.6 is 0 Å². The number of anilines is 1. The molecule has 6 nitrogen and oxygen atoms in total. The van der Waals surface area contributed by atoms with Crippen LogP contribution in [0.4, 0.5) is 10.1 Å². The van der Waals surface area contributed by atoms with Crippen molar-refractivity contribution in [2.75, 3.05) is 5.32 Å². The number of carbonyl (C=O) groups is 3. The minimum Gasteiger partial charge on any atom is -0.349 e. The lowest BCUT2D eigenvalue weighted by Crippen LogP contribution is -2.68. The fourth-order valence-corrected chi connectivity index (χ4v) is 4.68. The molecule has 3 atom stereocenters. The lowest BCUT2D eigenvalue weighted by Gasteiger charge is -2.48. The molecule has 0 radical (unpaired) electrons. The summed E-state index contributed by atoms with van der Waals surface area (Å²) in [6.45, 7) is 3.96. The van der Waals surface area contributed by atoms with Gasteiger partial charge < -0.3 is 15.5 Å². The fourth-order valence-electron chi connectivity index (χ4n) is 4.68. The van der Waals surface area contributed by atoms with E-state index in [1.165, 1.54) is 24.3 Å². The molecule has 0 aromatic heterocycles. The van der Waals surface area contributed by atoms with Crippen LogP contribution in [0.2, 0.25) is 0 Å². The van der Waals surface area contributed by atoms with Crippen molar-refractivity contribution in [3.8, 4) is 0 Å².